The van der Waals surface area contributed by atoms with Crippen LogP contribution in [-0.2, 0) is 32.7 Å². The Hall–Kier alpha value is -2.81. The van der Waals surface area contributed by atoms with Gasteiger partial charge in [0.1, 0.15) is 5.76 Å². The first-order valence-corrected chi connectivity index (χ1v) is 10.3. The van der Waals surface area contributed by atoms with Crippen LogP contribution in [0.15, 0.2) is 47.1 Å². The van der Waals surface area contributed by atoms with Crippen molar-refractivity contribution in [2.75, 3.05) is 17.5 Å². The second-order valence-corrected chi connectivity index (χ2v) is 8.30. The van der Waals surface area contributed by atoms with Gasteiger partial charge in [0.2, 0.25) is 21.8 Å². The largest absolute Gasteiger partial charge is 0.467 e. The van der Waals surface area contributed by atoms with Gasteiger partial charge < -0.3 is 14.6 Å². The van der Waals surface area contributed by atoms with Crippen LogP contribution in [0.4, 0.5) is 5.69 Å². The van der Waals surface area contributed by atoms with Gasteiger partial charge in [-0.15, -0.1) is 0 Å². The number of nitrogens with one attached hydrogen (secondary N) is 2. The fourth-order valence-corrected chi connectivity index (χ4v) is 3.54. The summed E-state index contributed by atoms with van der Waals surface area (Å²) in [6, 6.07) is 10.3. The number of carbonyl (C=O) groups excluding carboxylic acids is 2. The minimum atomic E-state index is -3.36. The third-order valence-electron chi connectivity index (χ3n) is 4.21. The van der Waals surface area contributed by atoms with Crippen molar-refractivity contribution in [1.82, 2.24) is 10.2 Å². The van der Waals surface area contributed by atoms with E-state index in [1.165, 1.54) is 0 Å². The smallest absolute Gasteiger partial charge is 0.229 e. The lowest BCUT2D eigenvalue weighted by Crippen LogP contribution is -2.32. The predicted octanol–water partition coefficient (Wildman–Crippen LogP) is 1.32. The van der Waals surface area contributed by atoms with E-state index in [2.05, 4.69) is 10.0 Å². The highest BCUT2D eigenvalue weighted by Gasteiger charge is 2.34. The van der Waals surface area contributed by atoms with E-state index in [1.54, 1.807) is 47.6 Å². The topological polar surface area (TPSA) is 109 Å². The van der Waals surface area contributed by atoms with E-state index in [0.29, 0.717) is 24.5 Å². The zero-order chi connectivity index (χ0) is 19.4. The van der Waals surface area contributed by atoms with Gasteiger partial charge in [0, 0.05) is 25.2 Å². The first-order valence-electron chi connectivity index (χ1n) is 8.45. The quantitative estimate of drug-likeness (QED) is 0.740. The van der Waals surface area contributed by atoms with Gasteiger partial charge in [-0.2, -0.15) is 0 Å². The van der Waals surface area contributed by atoms with E-state index < -0.39 is 15.9 Å². The van der Waals surface area contributed by atoms with Crippen molar-refractivity contribution >= 4 is 27.5 Å². The summed E-state index contributed by atoms with van der Waals surface area (Å²) in [5.41, 5.74) is 1.19. The van der Waals surface area contributed by atoms with Gasteiger partial charge in [0.25, 0.3) is 0 Å². The van der Waals surface area contributed by atoms with Crippen LogP contribution in [0.1, 0.15) is 17.7 Å². The molecule has 2 amide bonds. The molecule has 1 fully saturated rings. The van der Waals surface area contributed by atoms with Crippen molar-refractivity contribution in [1.29, 1.82) is 0 Å². The lowest BCUT2D eigenvalue weighted by atomic mass is 10.1. The van der Waals surface area contributed by atoms with Crippen molar-refractivity contribution in [3.63, 3.8) is 0 Å². The minimum Gasteiger partial charge on any atom is -0.467 e. The maximum Gasteiger partial charge on any atom is 0.229 e. The number of hydrogen-bond acceptors (Lipinski definition) is 5. The average Bonchev–Trinajstić information content (AvgIpc) is 3.22. The molecule has 1 unspecified atom stereocenters. The van der Waals surface area contributed by atoms with Crippen LogP contribution in [-0.4, -0.2) is 37.9 Å². The molecule has 1 aliphatic rings. The highest BCUT2D eigenvalue weighted by Crippen LogP contribution is 2.21. The van der Waals surface area contributed by atoms with E-state index in [1.807, 2.05) is 0 Å². The number of sulfonamides is 1. The molecule has 27 heavy (non-hydrogen) atoms. The standard InChI is InChI=1S/C18H21N3O5S/c1-27(24,25)20-15-5-2-4-13(8-15)10-19-18(23)14-9-17(22)21(11-14)12-16-6-3-7-26-16/h2-8,14,20H,9-12H2,1H3,(H,19,23). The summed E-state index contributed by atoms with van der Waals surface area (Å²) in [7, 11) is -3.36. The first-order chi connectivity index (χ1) is 12.8. The van der Waals surface area contributed by atoms with Gasteiger partial charge in [-0.05, 0) is 29.8 Å². The zero-order valence-corrected chi connectivity index (χ0v) is 15.7. The van der Waals surface area contributed by atoms with Gasteiger partial charge in [0.05, 0.1) is 25.0 Å². The maximum atomic E-state index is 12.4. The fourth-order valence-electron chi connectivity index (χ4n) is 2.98. The molecule has 2 N–H and O–H groups in total. The minimum absolute atomic E-state index is 0.0779. The monoisotopic (exact) mass is 391 g/mol. The predicted molar refractivity (Wildman–Crippen MR) is 99.0 cm³/mol. The molecule has 3 rings (SSSR count). The molecule has 0 radical (unpaired) electrons. The Morgan fingerprint density at radius 2 is 2.11 bits per heavy atom. The molecule has 2 aromatic rings. The zero-order valence-electron chi connectivity index (χ0n) is 14.8. The van der Waals surface area contributed by atoms with Gasteiger partial charge in [0.15, 0.2) is 0 Å². The number of anilines is 1. The van der Waals surface area contributed by atoms with Crippen molar-refractivity contribution in [3.05, 3.63) is 54.0 Å². The van der Waals surface area contributed by atoms with Crippen molar-refractivity contribution in [3.8, 4) is 0 Å². The Kier molecular flexibility index (Phi) is 5.50. The van der Waals surface area contributed by atoms with Crippen LogP contribution < -0.4 is 10.0 Å². The lowest BCUT2D eigenvalue weighted by molar-refractivity contribution is -0.129. The van der Waals surface area contributed by atoms with Crippen LogP contribution in [0.2, 0.25) is 0 Å². The molecule has 144 valence electrons. The number of hydrogen-bond donors (Lipinski definition) is 2. The third-order valence-corrected chi connectivity index (χ3v) is 4.82. The third kappa shape index (κ3) is 5.33. The summed E-state index contributed by atoms with van der Waals surface area (Å²) >= 11 is 0. The van der Waals surface area contributed by atoms with Crippen LogP contribution in [0.5, 0.6) is 0 Å². The molecular weight excluding hydrogens is 370 g/mol. The number of nitrogens with zero attached hydrogens (tertiary/aromatic N) is 1. The molecule has 1 saturated heterocycles. The van der Waals surface area contributed by atoms with Crippen LogP contribution in [0, 0.1) is 5.92 Å². The van der Waals surface area contributed by atoms with Crippen LogP contribution in [0.25, 0.3) is 0 Å². The van der Waals surface area contributed by atoms with Crippen molar-refractivity contribution in [2.45, 2.75) is 19.5 Å². The van der Waals surface area contributed by atoms with Gasteiger partial charge in [-0.25, -0.2) is 8.42 Å². The molecule has 0 spiro atoms. The lowest BCUT2D eigenvalue weighted by Gasteiger charge is -2.15. The molecule has 1 aromatic carbocycles. The molecule has 1 atom stereocenters. The van der Waals surface area contributed by atoms with E-state index in [9.17, 15) is 18.0 Å². The first kappa shape index (κ1) is 19.0. The molecule has 9 heteroatoms. The molecule has 0 bridgehead atoms. The number of carbonyl (C=O) groups is 2. The second kappa shape index (κ2) is 7.83. The summed E-state index contributed by atoms with van der Waals surface area (Å²) in [6.07, 6.45) is 2.79. The molecule has 0 saturated carbocycles. The highest BCUT2D eigenvalue weighted by molar-refractivity contribution is 7.92. The van der Waals surface area contributed by atoms with E-state index >= 15 is 0 Å². The maximum absolute atomic E-state index is 12.4. The molecule has 1 aromatic heterocycles. The molecule has 8 nitrogen and oxygen atoms in total. The molecule has 2 heterocycles. The normalized spacial score (nSPS) is 17.1. The summed E-state index contributed by atoms with van der Waals surface area (Å²) in [4.78, 5) is 26.1. The molecular formula is C18H21N3O5S. The van der Waals surface area contributed by atoms with Gasteiger partial charge in [-0.3, -0.25) is 14.3 Å². The average molecular weight is 391 g/mol. The summed E-state index contributed by atoms with van der Waals surface area (Å²) < 4.78 is 30.2. The van der Waals surface area contributed by atoms with Crippen molar-refractivity contribution in [2.24, 2.45) is 5.92 Å². The van der Waals surface area contributed by atoms with E-state index in [-0.39, 0.29) is 24.8 Å². The molecule has 1 aliphatic heterocycles. The van der Waals surface area contributed by atoms with Crippen LogP contribution in [0.3, 0.4) is 0 Å². The number of likely N-dealkylation sites (tertiary alicyclic amines) is 1. The Morgan fingerprint density at radius 3 is 2.81 bits per heavy atom. The number of furan rings is 1. The summed E-state index contributed by atoms with van der Waals surface area (Å²) in [5.74, 6) is -0.0120. The Balaban J connectivity index is 1.54. The van der Waals surface area contributed by atoms with E-state index in [0.717, 1.165) is 11.8 Å². The second-order valence-electron chi connectivity index (χ2n) is 6.55. The number of benzene rings is 1. The van der Waals surface area contributed by atoms with E-state index in [4.69, 9.17) is 4.42 Å². The van der Waals surface area contributed by atoms with Crippen LogP contribution >= 0.6 is 0 Å². The highest BCUT2D eigenvalue weighted by atomic mass is 32.2. The Labute approximate surface area is 157 Å². The fraction of sp³-hybridized carbons (Fsp3) is 0.333. The summed E-state index contributed by atoms with van der Waals surface area (Å²) in [6.45, 7) is 0.955. The molecule has 0 aliphatic carbocycles. The SMILES string of the molecule is CS(=O)(=O)Nc1cccc(CNC(=O)C2CC(=O)N(Cc3ccco3)C2)c1. The Bertz CT molecular complexity index is 924. The summed E-state index contributed by atoms with van der Waals surface area (Å²) in [5, 5.41) is 2.81. The Morgan fingerprint density at radius 1 is 1.30 bits per heavy atom. The number of amides is 2. The van der Waals surface area contributed by atoms with Gasteiger partial charge >= 0.3 is 0 Å². The number of rotatable bonds is 7. The van der Waals surface area contributed by atoms with Gasteiger partial charge in [-0.1, -0.05) is 12.1 Å². The van der Waals surface area contributed by atoms with Crippen molar-refractivity contribution < 1.29 is 22.4 Å².